The lowest BCUT2D eigenvalue weighted by molar-refractivity contribution is 0.137. The monoisotopic (exact) mass is 175 g/mol. The van der Waals surface area contributed by atoms with Gasteiger partial charge in [-0.15, -0.1) is 0 Å². The van der Waals surface area contributed by atoms with Crippen LogP contribution in [0.15, 0.2) is 0 Å². The summed E-state index contributed by atoms with van der Waals surface area (Å²) in [7, 11) is 0. The average Bonchev–Trinajstić information content (AvgIpc) is 2.10. The molecule has 0 spiro atoms. The third-order valence-electron chi connectivity index (χ3n) is 1.71. The first-order valence-corrected chi connectivity index (χ1v) is 4.80. The smallest absolute Gasteiger partial charge is 0.0588 e. The normalized spacial score (nSPS) is 10.5. The Morgan fingerprint density at radius 2 is 1.58 bits per heavy atom. The minimum absolute atomic E-state index is 0.323. The molecular weight excluding hydrogens is 154 g/mol. The molecule has 0 aliphatic heterocycles. The van der Waals surface area contributed by atoms with E-state index in [9.17, 15) is 0 Å². The fourth-order valence-electron chi connectivity index (χ4n) is 1.03. The molecule has 0 bridgehead atoms. The van der Waals surface area contributed by atoms with Gasteiger partial charge in [0, 0.05) is 19.8 Å². The summed E-state index contributed by atoms with van der Waals surface area (Å²) in [5.74, 6) is 0. The number of hydrogen-bond acceptors (Lipinski definition) is 3. The molecule has 3 N–H and O–H groups in total. The van der Waals surface area contributed by atoms with Gasteiger partial charge in [-0.05, 0) is 12.8 Å². The number of rotatable bonds is 9. The zero-order valence-electron chi connectivity index (χ0n) is 7.80. The molecule has 0 radical (unpaired) electrons. The summed E-state index contributed by atoms with van der Waals surface area (Å²) >= 11 is 0. The van der Waals surface area contributed by atoms with Crippen molar-refractivity contribution in [2.24, 2.45) is 5.73 Å². The predicted octanol–water partition coefficient (Wildman–Crippen LogP) is 0.904. The molecule has 0 amide bonds. The average molecular weight is 175 g/mol. The quantitative estimate of drug-likeness (QED) is 0.512. The minimum Gasteiger partial charge on any atom is -0.396 e. The van der Waals surface area contributed by atoms with Gasteiger partial charge in [-0.2, -0.15) is 0 Å². The highest BCUT2D eigenvalue weighted by atomic mass is 16.5. The predicted molar refractivity (Wildman–Crippen MR) is 50.0 cm³/mol. The van der Waals surface area contributed by atoms with E-state index in [1.807, 2.05) is 0 Å². The van der Waals surface area contributed by atoms with E-state index in [-0.39, 0.29) is 0 Å². The molecule has 0 rings (SSSR count). The Hall–Kier alpha value is -0.120. The lowest BCUT2D eigenvalue weighted by atomic mass is 10.1. The van der Waals surface area contributed by atoms with Gasteiger partial charge < -0.3 is 15.6 Å². The Morgan fingerprint density at radius 3 is 2.25 bits per heavy atom. The van der Waals surface area contributed by atoms with Crippen LogP contribution in [0.2, 0.25) is 0 Å². The molecule has 0 fully saturated rings. The molecule has 0 aliphatic carbocycles. The van der Waals surface area contributed by atoms with Crippen molar-refractivity contribution < 1.29 is 9.84 Å². The summed E-state index contributed by atoms with van der Waals surface area (Å²) in [5, 5.41) is 8.50. The summed E-state index contributed by atoms with van der Waals surface area (Å²) in [6, 6.07) is 0. The van der Waals surface area contributed by atoms with Crippen molar-refractivity contribution in [1.29, 1.82) is 0 Å². The second-order valence-electron chi connectivity index (χ2n) is 2.89. The largest absolute Gasteiger partial charge is 0.396 e. The van der Waals surface area contributed by atoms with Crippen LogP contribution in [0, 0.1) is 0 Å². The third kappa shape index (κ3) is 9.88. The number of aliphatic hydroxyl groups excluding tert-OH is 1. The maximum absolute atomic E-state index is 8.50. The fraction of sp³-hybridized carbons (Fsp3) is 1.00. The van der Waals surface area contributed by atoms with E-state index in [0.717, 1.165) is 25.9 Å². The maximum Gasteiger partial charge on any atom is 0.0588 e. The molecule has 3 nitrogen and oxygen atoms in total. The Labute approximate surface area is 74.9 Å². The van der Waals surface area contributed by atoms with Crippen LogP contribution in [0.1, 0.15) is 32.1 Å². The van der Waals surface area contributed by atoms with Crippen LogP contribution in [0.25, 0.3) is 0 Å². The van der Waals surface area contributed by atoms with Crippen LogP contribution in [-0.4, -0.2) is 31.5 Å². The van der Waals surface area contributed by atoms with Gasteiger partial charge in [-0.25, -0.2) is 0 Å². The van der Waals surface area contributed by atoms with Crippen LogP contribution in [0.5, 0.6) is 0 Å². The van der Waals surface area contributed by atoms with E-state index in [1.165, 1.54) is 12.8 Å². The lowest BCUT2D eigenvalue weighted by Gasteiger charge is -2.01. The molecule has 0 aromatic carbocycles. The molecule has 0 heterocycles. The van der Waals surface area contributed by atoms with Crippen molar-refractivity contribution in [2.75, 3.05) is 26.4 Å². The summed E-state index contributed by atoms with van der Waals surface area (Å²) in [4.78, 5) is 0. The lowest BCUT2D eigenvalue weighted by Crippen LogP contribution is -2.08. The summed E-state index contributed by atoms with van der Waals surface area (Å²) in [6.45, 7) is 2.45. The Morgan fingerprint density at radius 1 is 0.917 bits per heavy atom. The van der Waals surface area contributed by atoms with E-state index < -0.39 is 0 Å². The van der Waals surface area contributed by atoms with Crippen LogP contribution < -0.4 is 5.73 Å². The van der Waals surface area contributed by atoms with Gasteiger partial charge in [-0.3, -0.25) is 0 Å². The van der Waals surface area contributed by atoms with Gasteiger partial charge in [0.1, 0.15) is 0 Å². The van der Waals surface area contributed by atoms with E-state index in [2.05, 4.69) is 0 Å². The zero-order valence-corrected chi connectivity index (χ0v) is 7.80. The van der Waals surface area contributed by atoms with Gasteiger partial charge in [0.2, 0.25) is 0 Å². The van der Waals surface area contributed by atoms with Crippen LogP contribution >= 0.6 is 0 Å². The van der Waals surface area contributed by atoms with Crippen molar-refractivity contribution in [1.82, 2.24) is 0 Å². The minimum atomic E-state index is 0.323. The topological polar surface area (TPSA) is 55.5 Å². The highest BCUT2D eigenvalue weighted by Gasteiger charge is 1.90. The van der Waals surface area contributed by atoms with Crippen molar-refractivity contribution in [3.8, 4) is 0 Å². The molecule has 12 heavy (non-hydrogen) atoms. The molecule has 0 aromatic rings. The number of nitrogens with two attached hydrogens (primary N) is 1. The van der Waals surface area contributed by atoms with Gasteiger partial charge in [0.25, 0.3) is 0 Å². The van der Waals surface area contributed by atoms with Gasteiger partial charge in [-0.1, -0.05) is 19.3 Å². The van der Waals surface area contributed by atoms with Crippen LogP contribution in [0.4, 0.5) is 0 Å². The molecule has 0 aromatic heterocycles. The first-order valence-electron chi connectivity index (χ1n) is 4.80. The summed E-state index contributed by atoms with van der Waals surface area (Å²) in [5.41, 5.74) is 5.26. The summed E-state index contributed by atoms with van der Waals surface area (Å²) in [6.07, 6.45) is 5.58. The van der Waals surface area contributed by atoms with E-state index >= 15 is 0 Å². The molecule has 0 unspecified atom stereocenters. The van der Waals surface area contributed by atoms with Gasteiger partial charge >= 0.3 is 0 Å². The second-order valence-corrected chi connectivity index (χ2v) is 2.89. The first-order chi connectivity index (χ1) is 5.91. The molecule has 0 saturated carbocycles. The zero-order chi connectivity index (χ0) is 9.07. The van der Waals surface area contributed by atoms with Crippen molar-refractivity contribution >= 4 is 0 Å². The number of aliphatic hydroxyl groups is 1. The molecule has 0 aliphatic rings. The van der Waals surface area contributed by atoms with Crippen molar-refractivity contribution in [3.05, 3.63) is 0 Å². The standard InChI is InChI=1S/C9H21NO2/c10-6-9-12-8-5-3-1-2-4-7-11/h11H,1-10H2. The number of hydrogen-bond donors (Lipinski definition) is 2. The Kier molecular flexibility index (Phi) is 10.8. The third-order valence-corrected chi connectivity index (χ3v) is 1.71. The molecule has 0 atom stereocenters. The maximum atomic E-state index is 8.50. The Bertz CT molecular complexity index is 68.9. The second kappa shape index (κ2) is 10.9. The SMILES string of the molecule is NCCOCCCCCCCO. The van der Waals surface area contributed by atoms with Gasteiger partial charge in [0.15, 0.2) is 0 Å². The Balaban J connectivity index is 2.73. The molecule has 3 heteroatoms. The van der Waals surface area contributed by atoms with Crippen molar-refractivity contribution in [2.45, 2.75) is 32.1 Å². The van der Waals surface area contributed by atoms with E-state index in [1.54, 1.807) is 0 Å². The number of ether oxygens (including phenoxy) is 1. The molecule has 0 saturated heterocycles. The number of unbranched alkanes of at least 4 members (excludes halogenated alkanes) is 4. The van der Waals surface area contributed by atoms with Crippen LogP contribution in [0.3, 0.4) is 0 Å². The summed E-state index contributed by atoms with van der Waals surface area (Å²) < 4.78 is 5.21. The fourth-order valence-corrected chi connectivity index (χ4v) is 1.03. The van der Waals surface area contributed by atoms with Gasteiger partial charge in [0.05, 0.1) is 6.61 Å². The van der Waals surface area contributed by atoms with Crippen LogP contribution in [-0.2, 0) is 4.74 Å². The highest BCUT2D eigenvalue weighted by Crippen LogP contribution is 2.02. The molecular formula is C9H21NO2. The highest BCUT2D eigenvalue weighted by molar-refractivity contribution is 4.43. The van der Waals surface area contributed by atoms with Crippen molar-refractivity contribution in [3.63, 3.8) is 0 Å². The van der Waals surface area contributed by atoms with E-state index in [4.69, 9.17) is 15.6 Å². The van der Waals surface area contributed by atoms with E-state index in [0.29, 0.717) is 19.8 Å². The molecule has 74 valence electrons. The first kappa shape index (κ1) is 11.9.